The summed E-state index contributed by atoms with van der Waals surface area (Å²) in [4.78, 5) is 25.8. The molecular formula is C22H26N2O5. The Morgan fingerprint density at radius 3 is 2.41 bits per heavy atom. The van der Waals surface area contributed by atoms with E-state index in [9.17, 15) is 9.59 Å². The highest BCUT2D eigenvalue weighted by molar-refractivity contribution is 5.94. The molecule has 0 aliphatic carbocycles. The summed E-state index contributed by atoms with van der Waals surface area (Å²) in [6.45, 7) is 3.41. The fraction of sp³-hybridized carbons (Fsp3) is 0.273. The summed E-state index contributed by atoms with van der Waals surface area (Å²) >= 11 is 0. The van der Waals surface area contributed by atoms with Crippen LogP contribution in [0.3, 0.4) is 0 Å². The molecule has 0 saturated heterocycles. The van der Waals surface area contributed by atoms with E-state index in [-0.39, 0.29) is 25.0 Å². The molecule has 1 N–H and O–H groups in total. The van der Waals surface area contributed by atoms with Crippen LogP contribution < -0.4 is 19.5 Å². The Kier molecular flexibility index (Phi) is 8.09. The Morgan fingerprint density at radius 2 is 1.79 bits per heavy atom. The van der Waals surface area contributed by atoms with Gasteiger partial charge in [-0.3, -0.25) is 9.59 Å². The molecule has 0 aliphatic rings. The molecule has 154 valence electrons. The standard InChI is InChI=1S/C22H26N2O5/c1-5-6-16-7-12-19(20(13-16)28-4)29-15-22(26)24(2)14-21(25)23-17-8-10-18(27-3)11-9-17/h5,7-13H,1,6,14-15H2,2-4H3,(H,23,25). The zero-order chi connectivity index (χ0) is 21.2. The number of nitrogens with zero attached hydrogens (tertiary/aromatic N) is 1. The van der Waals surface area contributed by atoms with Crippen molar-refractivity contribution >= 4 is 17.5 Å². The molecule has 0 fully saturated rings. The van der Waals surface area contributed by atoms with Gasteiger partial charge in [-0.05, 0) is 48.4 Å². The van der Waals surface area contributed by atoms with Crippen LogP contribution in [-0.2, 0) is 16.0 Å². The van der Waals surface area contributed by atoms with Crippen LogP contribution >= 0.6 is 0 Å². The van der Waals surface area contributed by atoms with Crippen LogP contribution in [0.2, 0.25) is 0 Å². The summed E-state index contributed by atoms with van der Waals surface area (Å²) < 4.78 is 16.0. The number of ether oxygens (including phenoxy) is 3. The van der Waals surface area contributed by atoms with Crippen LogP contribution in [0, 0.1) is 0 Å². The first kappa shape index (κ1) is 21.8. The lowest BCUT2D eigenvalue weighted by molar-refractivity contribution is -0.135. The Hall–Kier alpha value is -3.48. The Balaban J connectivity index is 1.86. The molecule has 0 unspecified atom stereocenters. The molecule has 0 atom stereocenters. The molecule has 7 nitrogen and oxygen atoms in total. The highest BCUT2D eigenvalue weighted by atomic mass is 16.5. The number of hydrogen-bond acceptors (Lipinski definition) is 5. The molecule has 0 aliphatic heterocycles. The summed E-state index contributed by atoms with van der Waals surface area (Å²) in [6, 6.07) is 12.4. The van der Waals surface area contributed by atoms with Gasteiger partial charge in [0.05, 0.1) is 20.8 Å². The van der Waals surface area contributed by atoms with Gasteiger partial charge >= 0.3 is 0 Å². The van der Waals surface area contributed by atoms with Gasteiger partial charge in [-0.15, -0.1) is 6.58 Å². The smallest absolute Gasteiger partial charge is 0.260 e. The average molecular weight is 398 g/mol. The van der Waals surface area contributed by atoms with Crippen LogP contribution in [-0.4, -0.2) is 51.1 Å². The number of anilines is 1. The molecule has 0 saturated carbocycles. The maximum Gasteiger partial charge on any atom is 0.260 e. The fourth-order valence-corrected chi connectivity index (χ4v) is 2.55. The molecule has 7 heteroatoms. The van der Waals surface area contributed by atoms with Gasteiger partial charge in [-0.1, -0.05) is 12.1 Å². The van der Waals surface area contributed by atoms with Gasteiger partial charge in [0.2, 0.25) is 5.91 Å². The third-order valence-corrected chi connectivity index (χ3v) is 4.14. The molecule has 2 amide bonds. The molecule has 2 aromatic rings. The number of nitrogens with one attached hydrogen (secondary N) is 1. The highest BCUT2D eigenvalue weighted by Crippen LogP contribution is 2.28. The largest absolute Gasteiger partial charge is 0.497 e. The summed E-state index contributed by atoms with van der Waals surface area (Å²) in [7, 11) is 4.66. The third-order valence-electron chi connectivity index (χ3n) is 4.14. The number of carbonyl (C=O) groups excluding carboxylic acids is 2. The molecule has 0 aromatic heterocycles. The minimum Gasteiger partial charge on any atom is -0.497 e. The lowest BCUT2D eigenvalue weighted by Gasteiger charge is -2.18. The van der Waals surface area contributed by atoms with Crippen LogP contribution in [0.5, 0.6) is 17.2 Å². The van der Waals surface area contributed by atoms with Crippen molar-refractivity contribution in [3.8, 4) is 17.2 Å². The Labute approximate surface area is 170 Å². The monoisotopic (exact) mass is 398 g/mol. The summed E-state index contributed by atoms with van der Waals surface area (Å²) in [5.41, 5.74) is 1.65. The third kappa shape index (κ3) is 6.57. The summed E-state index contributed by atoms with van der Waals surface area (Å²) in [6.07, 6.45) is 2.51. The van der Waals surface area contributed by atoms with Crippen LogP contribution in [0.25, 0.3) is 0 Å². The Bertz CT molecular complexity index is 849. The van der Waals surface area contributed by atoms with E-state index in [0.29, 0.717) is 29.4 Å². The van der Waals surface area contributed by atoms with Gasteiger partial charge in [-0.25, -0.2) is 0 Å². The van der Waals surface area contributed by atoms with E-state index in [4.69, 9.17) is 14.2 Å². The average Bonchev–Trinajstić information content (AvgIpc) is 2.73. The zero-order valence-corrected chi connectivity index (χ0v) is 16.9. The van der Waals surface area contributed by atoms with E-state index in [1.54, 1.807) is 50.6 Å². The zero-order valence-electron chi connectivity index (χ0n) is 16.9. The molecular weight excluding hydrogens is 372 g/mol. The van der Waals surface area contributed by atoms with Gasteiger partial charge in [0.1, 0.15) is 5.75 Å². The highest BCUT2D eigenvalue weighted by Gasteiger charge is 2.15. The predicted octanol–water partition coefficient (Wildman–Crippen LogP) is 2.91. The van der Waals surface area contributed by atoms with Gasteiger partial charge in [0.15, 0.2) is 18.1 Å². The van der Waals surface area contributed by atoms with Crippen molar-refractivity contribution in [2.75, 3.05) is 39.7 Å². The summed E-state index contributed by atoms with van der Waals surface area (Å²) in [5.74, 6) is 1.06. The van der Waals surface area contributed by atoms with Crippen molar-refractivity contribution in [1.29, 1.82) is 0 Å². The molecule has 29 heavy (non-hydrogen) atoms. The second-order valence-corrected chi connectivity index (χ2v) is 6.29. The second-order valence-electron chi connectivity index (χ2n) is 6.29. The van der Waals surface area contributed by atoms with E-state index >= 15 is 0 Å². The SMILES string of the molecule is C=CCc1ccc(OCC(=O)N(C)CC(=O)Nc2ccc(OC)cc2)c(OC)c1. The summed E-state index contributed by atoms with van der Waals surface area (Å²) in [5, 5.41) is 2.73. The number of hydrogen-bond donors (Lipinski definition) is 1. The van der Waals surface area contributed by atoms with Crippen molar-refractivity contribution in [1.82, 2.24) is 4.90 Å². The Morgan fingerprint density at radius 1 is 1.07 bits per heavy atom. The van der Waals surface area contributed by atoms with Gasteiger partial charge in [-0.2, -0.15) is 0 Å². The van der Waals surface area contributed by atoms with Crippen molar-refractivity contribution in [3.63, 3.8) is 0 Å². The number of carbonyl (C=O) groups is 2. The van der Waals surface area contributed by atoms with Crippen LogP contribution in [0.15, 0.2) is 55.1 Å². The van der Waals surface area contributed by atoms with Crippen molar-refractivity contribution in [2.45, 2.75) is 6.42 Å². The predicted molar refractivity (Wildman–Crippen MR) is 112 cm³/mol. The number of amides is 2. The first-order valence-corrected chi connectivity index (χ1v) is 9.05. The fourth-order valence-electron chi connectivity index (χ4n) is 2.55. The van der Waals surface area contributed by atoms with Crippen molar-refractivity contribution in [3.05, 3.63) is 60.7 Å². The quantitative estimate of drug-likeness (QED) is 0.623. The maximum atomic E-state index is 12.3. The van der Waals surface area contributed by atoms with E-state index in [0.717, 1.165) is 5.56 Å². The second kappa shape index (κ2) is 10.8. The topological polar surface area (TPSA) is 77.1 Å². The molecule has 2 aromatic carbocycles. The van der Waals surface area contributed by atoms with Gasteiger partial charge < -0.3 is 24.4 Å². The number of rotatable bonds is 10. The minimum absolute atomic E-state index is 0.0936. The lowest BCUT2D eigenvalue weighted by Crippen LogP contribution is -2.37. The molecule has 0 bridgehead atoms. The number of likely N-dealkylation sites (N-methyl/N-ethyl adjacent to an activating group) is 1. The molecule has 0 heterocycles. The van der Waals surface area contributed by atoms with E-state index < -0.39 is 0 Å². The van der Waals surface area contributed by atoms with Crippen molar-refractivity contribution in [2.24, 2.45) is 0 Å². The minimum atomic E-state index is -0.327. The first-order chi connectivity index (χ1) is 14.0. The molecule has 2 rings (SSSR count). The number of allylic oxidation sites excluding steroid dienone is 1. The normalized spacial score (nSPS) is 10.0. The van der Waals surface area contributed by atoms with Crippen LogP contribution in [0.1, 0.15) is 5.56 Å². The number of benzene rings is 2. The van der Waals surface area contributed by atoms with Gasteiger partial charge in [0.25, 0.3) is 5.91 Å². The first-order valence-electron chi connectivity index (χ1n) is 9.05. The van der Waals surface area contributed by atoms with Crippen LogP contribution in [0.4, 0.5) is 5.69 Å². The molecule has 0 spiro atoms. The van der Waals surface area contributed by atoms with Crippen molar-refractivity contribution < 1.29 is 23.8 Å². The molecule has 0 radical (unpaired) electrons. The van der Waals surface area contributed by atoms with E-state index in [1.165, 1.54) is 12.0 Å². The number of methoxy groups -OCH3 is 2. The van der Waals surface area contributed by atoms with E-state index in [1.807, 2.05) is 12.1 Å². The maximum absolute atomic E-state index is 12.3. The van der Waals surface area contributed by atoms with Gasteiger partial charge in [0, 0.05) is 12.7 Å². The van der Waals surface area contributed by atoms with E-state index in [2.05, 4.69) is 11.9 Å². The lowest BCUT2D eigenvalue weighted by atomic mass is 10.1.